The van der Waals surface area contributed by atoms with Crippen LogP contribution in [0, 0.1) is 0 Å². The second-order valence-electron chi connectivity index (χ2n) is 14.6. The number of ether oxygens (including phenoxy) is 6. The SMILES string of the molecule is CC(C)=CCc1c(O[C@H]2O[C@@H](CO)[C@H](O)[C@H](O)[C@@H]2O)cc(O)c2c(=O)c(O[C@@H]3O[C@@H](C)[C@@H](O[C@@H]4O[C@@H](C)[C@H](O)[C@H](O)[C@@H]4O)[C@@H](O)[C@@H]3O)c(-c3ccc(O)cc3)oc12. The van der Waals surface area contributed by atoms with Crippen molar-refractivity contribution in [3.05, 3.63) is 57.8 Å². The van der Waals surface area contributed by atoms with Crippen molar-refractivity contribution in [2.75, 3.05) is 6.61 Å². The summed E-state index contributed by atoms with van der Waals surface area (Å²) < 4.78 is 40.9. The molecule has 57 heavy (non-hydrogen) atoms. The van der Waals surface area contributed by atoms with E-state index in [9.17, 15) is 61.0 Å². The predicted octanol–water partition coefficient (Wildman–Crippen LogP) is -1.38. The maximum atomic E-state index is 14.5. The molecule has 19 heteroatoms. The molecule has 3 aliphatic rings. The molecule has 3 fully saturated rings. The van der Waals surface area contributed by atoms with Crippen LogP contribution in [0.2, 0.25) is 0 Å². The molecule has 3 aliphatic heterocycles. The molecule has 314 valence electrons. The van der Waals surface area contributed by atoms with E-state index in [2.05, 4.69) is 0 Å². The average Bonchev–Trinajstić information content (AvgIpc) is 3.17. The Morgan fingerprint density at radius 1 is 0.737 bits per heavy atom. The maximum Gasteiger partial charge on any atom is 0.239 e. The van der Waals surface area contributed by atoms with Crippen LogP contribution >= 0.6 is 0 Å². The van der Waals surface area contributed by atoms with E-state index in [0.717, 1.165) is 11.6 Å². The van der Waals surface area contributed by atoms with Gasteiger partial charge in [0, 0.05) is 17.2 Å². The molecule has 6 rings (SSSR count). The van der Waals surface area contributed by atoms with E-state index in [0.29, 0.717) is 0 Å². The lowest BCUT2D eigenvalue weighted by atomic mass is 9.97. The van der Waals surface area contributed by atoms with Crippen LogP contribution in [0.5, 0.6) is 23.0 Å². The van der Waals surface area contributed by atoms with E-state index in [1.165, 1.54) is 38.1 Å². The summed E-state index contributed by atoms with van der Waals surface area (Å²) in [7, 11) is 0. The zero-order valence-electron chi connectivity index (χ0n) is 31.2. The van der Waals surface area contributed by atoms with Crippen LogP contribution in [-0.4, -0.2) is 155 Å². The fourth-order valence-electron chi connectivity index (χ4n) is 6.85. The number of fused-ring (bicyclic) bond motifs is 1. The molecule has 4 heterocycles. The van der Waals surface area contributed by atoms with Crippen LogP contribution in [0.4, 0.5) is 0 Å². The van der Waals surface area contributed by atoms with E-state index < -0.39 is 121 Å². The van der Waals surface area contributed by atoms with Crippen LogP contribution in [0.15, 0.2) is 51.2 Å². The third-order valence-corrected chi connectivity index (χ3v) is 10.2. The maximum absolute atomic E-state index is 14.5. The minimum Gasteiger partial charge on any atom is -0.508 e. The number of phenols is 2. The summed E-state index contributed by atoms with van der Waals surface area (Å²) in [6.07, 6.45) is -21.8. The van der Waals surface area contributed by atoms with Crippen molar-refractivity contribution in [3.8, 4) is 34.3 Å². The first-order valence-electron chi connectivity index (χ1n) is 18.2. The number of allylic oxidation sites excluding steroid dienone is 2. The summed E-state index contributed by atoms with van der Waals surface area (Å²) in [4.78, 5) is 14.5. The third-order valence-electron chi connectivity index (χ3n) is 10.2. The summed E-state index contributed by atoms with van der Waals surface area (Å²) >= 11 is 0. The van der Waals surface area contributed by atoms with E-state index in [4.69, 9.17) is 32.8 Å². The minimum atomic E-state index is -1.93. The van der Waals surface area contributed by atoms with Gasteiger partial charge in [0.05, 0.1) is 18.8 Å². The van der Waals surface area contributed by atoms with Crippen LogP contribution < -0.4 is 14.9 Å². The van der Waals surface area contributed by atoms with Crippen LogP contribution in [0.3, 0.4) is 0 Å². The Kier molecular flexibility index (Phi) is 12.8. The first kappa shape index (κ1) is 42.7. The Bertz CT molecular complexity index is 1960. The molecule has 0 saturated carbocycles. The second-order valence-corrected chi connectivity index (χ2v) is 14.6. The van der Waals surface area contributed by atoms with Gasteiger partial charge in [-0.3, -0.25) is 4.79 Å². The molecule has 0 spiro atoms. The minimum absolute atomic E-state index is 0.00769. The standard InChI is InChI=1S/C38H48O19/c1-13(2)5-10-18-20(53-38-30(49)27(46)24(43)21(12-39)54-38)11-19(41)22-25(44)35(33(55-34(18)22)16-6-8-17(40)9-7-16)57-37-31(50)28(47)32(15(4)52-37)56-36-29(48)26(45)23(42)14(3)51-36/h5-9,11,14-15,21,23-24,26-32,36-43,45-50H,10,12H2,1-4H3/t14-,15-,21-,23-,24-,26-,27-,28-,29-,30-,31-,32+,36-,37-,38-/m0/s1. The highest BCUT2D eigenvalue weighted by atomic mass is 16.7. The fourth-order valence-corrected chi connectivity index (χ4v) is 6.85. The van der Waals surface area contributed by atoms with Gasteiger partial charge in [-0.05, 0) is 58.4 Å². The molecule has 0 amide bonds. The molecule has 0 unspecified atom stereocenters. The number of aliphatic hydroxyl groups is 9. The summed E-state index contributed by atoms with van der Waals surface area (Å²) in [6.45, 7) is 5.72. The summed E-state index contributed by atoms with van der Waals surface area (Å²) in [5.74, 6) is -1.90. The smallest absolute Gasteiger partial charge is 0.239 e. The zero-order valence-corrected chi connectivity index (χ0v) is 31.2. The van der Waals surface area contributed by atoms with Crippen LogP contribution in [-0.2, 0) is 25.4 Å². The van der Waals surface area contributed by atoms with Gasteiger partial charge in [0.2, 0.25) is 23.8 Å². The van der Waals surface area contributed by atoms with Crippen LogP contribution in [0.1, 0.15) is 33.3 Å². The molecule has 3 aromatic rings. The van der Waals surface area contributed by atoms with Gasteiger partial charge in [-0.2, -0.15) is 0 Å². The normalized spacial score (nSPS) is 35.8. The predicted molar refractivity (Wildman–Crippen MR) is 193 cm³/mol. The number of aromatic hydroxyl groups is 2. The molecule has 3 saturated heterocycles. The molecular weight excluding hydrogens is 760 g/mol. The lowest BCUT2D eigenvalue weighted by molar-refractivity contribution is -0.345. The summed E-state index contributed by atoms with van der Waals surface area (Å²) in [5, 5.41) is 115. The van der Waals surface area contributed by atoms with Crippen molar-refractivity contribution >= 4 is 11.0 Å². The van der Waals surface area contributed by atoms with Crippen molar-refractivity contribution in [1.29, 1.82) is 0 Å². The highest BCUT2D eigenvalue weighted by Crippen LogP contribution is 2.42. The number of hydrogen-bond donors (Lipinski definition) is 11. The van der Waals surface area contributed by atoms with Gasteiger partial charge < -0.3 is 89.0 Å². The number of benzene rings is 2. The Morgan fingerprint density at radius 3 is 1.98 bits per heavy atom. The largest absolute Gasteiger partial charge is 0.508 e. The lowest BCUT2D eigenvalue weighted by Gasteiger charge is -2.45. The Balaban J connectivity index is 1.41. The number of hydrogen-bond acceptors (Lipinski definition) is 19. The molecular formula is C38H48O19. The van der Waals surface area contributed by atoms with Crippen molar-refractivity contribution in [2.24, 2.45) is 0 Å². The van der Waals surface area contributed by atoms with Crippen molar-refractivity contribution in [1.82, 2.24) is 0 Å². The topological polar surface area (TPSA) is 308 Å². The Hall–Kier alpha value is -3.93. The van der Waals surface area contributed by atoms with E-state index in [-0.39, 0.29) is 40.4 Å². The van der Waals surface area contributed by atoms with Crippen molar-refractivity contribution in [3.63, 3.8) is 0 Å². The summed E-state index contributed by atoms with van der Waals surface area (Å²) in [6, 6.07) is 6.40. The quantitative estimate of drug-likeness (QED) is 0.105. The average molecular weight is 809 g/mol. The molecule has 11 N–H and O–H groups in total. The highest BCUT2D eigenvalue weighted by Gasteiger charge is 2.50. The monoisotopic (exact) mass is 808 g/mol. The number of rotatable bonds is 10. The van der Waals surface area contributed by atoms with Gasteiger partial charge in [-0.1, -0.05) is 11.6 Å². The third kappa shape index (κ3) is 8.35. The molecule has 19 nitrogen and oxygen atoms in total. The van der Waals surface area contributed by atoms with Gasteiger partial charge in [-0.15, -0.1) is 0 Å². The molecule has 0 aliphatic carbocycles. The number of aliphatic hydroxyl groups excluding tert-OH is 9. The molecule has 15 atom stereocenters. The van der Waals surface area contributed by atoms with Gasteiger partial charge in [0.1, 0.15) is 89.3 Å². The van der Waals surface area contributed by atoms with E-state index in [1.54, 1.807) is 19.9 Å². The van der Waals surface area contributed by atoms with Gasteiger partial charge in [-0.25, -0.2) is 0 Å². The molecule has 2 aromatic carbocycles. The molecule has 0 radical (unpaired) electrons. The first-order chi connectivity index (χ1) is 26.9. The van der Waals surface area contributed by atoms with Gasteiger partial charge >= 0.3 is 0 Å². The van der Waals surface area contributed by atoms with Crippen LogP contribution in [0.25, 0.3) is 22.3 Å². The van der Waals surface area contributed by atoms with Gasteiger partial charge in [0.25, 0.3) is 0 Å². The Labute approximate surface area is 324 Å². The van der Waals surface area contributed by atoms with Gasteiger partial charge in [0.15, 0.2) is 12.1 Å². The highest BCUT2D eigenvalue weighted by molar-refractivity contribution is 5.91. The first-order valence-corrected chi connectivity index (χ1v) is 18.2. The summed E-state index contributed by atoms with van der Waals surface area (Å²) in [5.41, 5.74) is -0.0876. The molecule has 1 aromatic heterocycles. The lowest BCUT2D eigenvalue weighted by Crippen LogP contribution is -2.63. The number of phenolic OH excluding ortho intramolecular Hbond substituents is 2. The molecule has 0 bridgehead atoms. The van der Waals surface area contributed by atoms with E-state index in [1.807, 2.05) is 0 Å². The van der Waals surface area contributed by atoms with Crippen molar-refractivity contribution in [2.45, 2.75) is 126 Å². The van der Waals surface area contributed by atoms with Crippen molar-refractivity contribution < 1.29 is 89.0 Å². The Morgan fingerprint density at radius 2 is 1.33 bits per heavy atom. The second kappa shape index (κ2) is 17.1. The zero-order chi connectivity index (χ0) is 41.6. The van der Waals surface area contributed by atoms with E-state index >= 15 is 0 Å². The fraction of sp³-hybridized carbons (Fsp3) is 0.553.